The molecule has 0 aliphatic heterocycles. The van der Waals surface area contributed by atoms with Crippen LogP contribution < -0.4 is 11.1 Å². The lowest BCUT2D eigenvalue weighted by Crippen LogP contribution is -2.28. The molecule has 1 aromatic heterocycles. The second-order valence-electron chi connectivity index (χ2n) is 4.66. The third kappa shape index (κ3) is 3.88. The minimum absolute atomic E-state index is 0.337. The summed E-state index contributed by atoms with van der Waals surface area (Å²) >= 11 is 0. The van der Waals surface area contributed by atoms with Gasteiger partial charge < -0.3 is 11.1 Å². The summed E-state index contributed by atoms with van der Waals surface area (Å²) in [6, 6.07) is 3.74. The molecule has 0 aliphatic carbocycles. The molecule has 0 radical (unpaired) electrons. The fraction of sp³-hybridized carbons (Fsp3) is 0.583. The molecule has 84 valence electrons. The summed E-state index contributed by atoms with van der Waals surface area (Å²) in [5.41, 5.74) is 7.84. The molecule has 0 unspecified atom stereocenters. The third-order valence-corrected chi connectivity index (χ3v) is 2.78. The van der Waals surface area contributed by atoms with Gasteiger partial charge in [0.15, 0.2) is 0 Å². The van der Waals surface area contributed by atoms with Crippen LogP contribution in [0, 0.1) is 5.41 Å². The molecule has 0 bridgehead atoms. The fourth-order valence-corrected chi connectivity index (χ4v) is 1.24. The Labute approximate surface area is 92.1 Å². The predicted octanol–water partition coefficient (Wildman–Crippen LogP) is 2.19. The Kier molecular flexibility index (Phi) is 4.09. The second-order valence-corrected chi connectivity index (χ2v) is 4.66. The number of nitrogens with two attached hydrogens (primary N) is 1. The Hall–Kier alpha value is -1.09. The van der Waals surface area contributed by atoms with E-state index in [0.717, 1.165) is 30.9 Å². The highest BCUT2D eigenvalue weighted by atomic mass is 14.9. The standard InChI is InChI=1S/C12H21N3/c1-4-12(2,3)9-14-8-11-10(13)6-5-7-15-11/h5-7,14H,4,8-9,13H2,1-3H3. The largest absolute Gasteiger partial charge is 0.397 e. The Morgan fingerprint density at radius 2 is 2.20 bits per heavy atom. The van der Waals surface area contributed by atoms with Crippen molar-refractivity contribution >= 4 is 5.69 Å². The van der Waals surface area contributed by atoms with Crippen molar-refractivity contribution in [2.45, 2.75) is 33.7 Å². The highest BCUT2D eigenvalue weighted by Gasteiger charge is 2.14. The van der Waals surface area contributed by atoms with Gasteiger partial charge >= 0.3 is 0 Å². The van der Waals surface area contributed by atoms with Crippen molar-refractivity contribution in [2.24, 2.45) is 5.41 Å². The summed E-state index contributed by atoms with van der Waals surface area (Å²) in [7, 11) is 0. The molecule has 0 fully saturated rings. The normalized spacial score (nSPS) is 11.7. The maximum absolute atomic E-state index is 5.80. The van der Waals surface area contributed by atoms with Gasteiger partial charge in [0, 0.05) is 19.3 Å². The quantitative estimate of drug-likeness (QED) is 0.778. The first-order valence-electron chi connectivity index (χ1n) is 5.45. The van der Waals surface area contributed by atoms with Crippen molar-refractivity contribution in [2.75, 3.05) is 12.3 Å². The number of hydrogen-bond donors (Lipinski definition) is 2. The lowest BCUT2D eigenvalue weighted by Gasteiger charge is -2.22. The van der Waals surface area contributed by atoms with Crippen molar-refractivity contribution in [3.05, 3.63) is 24.0 Å². The Balaban J connectivity index is 2.42. The zero-order valence-corrected chi connectivity index (χ0v) is 9.88. The van der Waals surface area contributed by atoms with Crippen LogP contribution >= 0.6 is 0 Å². The molecule has 0 aromatic carbocycles. The number of pyridine rings is 1. The number of anilines is 1. The lowest BCUT2D eigenvalue weighted by atomic mass is 9.90. The molecule has 3 heteroatoms. The molecule has 1 rings (SSSR count). The van der Waals surface area contributed by atoms with Crippen molar-refractivity contribution < 1.29 is 0 Å². The van der Waals surface area contributed by atoms with E-state index in [1.165, 1.54) is 0 Å². The van der Waals surface area contributed by atoms with Gasteiger partial charge in [0.05, 0.1) is 11.4 Å². The molecule has 15 heavy (non-hydrogen) atoms. The first-order valence-corrected chi connectivity index (χ1v) is 5.45. The van der Waals surface area contributed by atoms with E-state index in [2.05, 4.69) is 31.1 Å². The van der Waals surface area contributed by atoms with Gasteiger partial charge in [-0.05, 0) is 24.0 Å². The molecular formula is C12H21N3. The van der Waals surface area contributed by atoms with E-state index in [9.17, 15) is 0 Å². The van der Waals surface area contributed by atoms with Crippen LogP contribution in [-0.2, 0) is 6.54 Å². The SMILES string of the molecule is CCC(C)(C)CNCc1ncccc1N. The molecule has 1 aromatic rings. The second kappa shape index (κ2) is 5.12. The minimum atomic E-state index is 0.337. The molecule has 1 heterocycles. The van der Waals surface area contributed by atoms with Crippen molar-refractivity contribution in [3.8, 4) is 0 Å². The highest BCUT2D eigenvalue weighted by Crippen LogP contribution is 2.18. The maximum Gasteiger partial charge on any atom is 0.0770 e. The minimum Gasteiger partial charge on any atom is -0.397 e. The zero-order chi connectivity index (χ0) is 11.3. The molecule has 0 spiro atoms. The number of nitrogens with one attached hydrogen (secondary N) is 1. The predicted molar refractivity (Wildman–Crippen MR) is 64.4 cm³/mol. The molecule has 0 atom stereocenters. The number of nitrogens with zero attached hydrogens (tertiary/aromatic N) is 1. The molecule has 0 amide bonds. The van der Waals surface area contributed by atoms with Crippen molar-refractivity contribution in [1.82, 2.24) is 10.3 Å². The van der Waals surface area contributed by atoms with Gasteiger partial charge in [-0.3, -0.25) is 4.98 Å². The van der Waals surface area contributed by atoms with Gasteiger partial charge in [0.2, 0.25) is 0 Å². The van der Waals surface area contributed by atoms with Crippen LogP contribution in [0.15, 0.2) is 18.3 Å². The van der Waals surface area contributed by atoms with E-state index in [0.29, 0.717) is 5.41 Å². The van der Waals surface area contributed by atoms with Crippen LogP contribution in [0.1, 0.15) is 32.9 Å². The van der Waals surface area contributed by atoms with Crippen LogP contribution in [0.2, 0.25) is 0 Å². The zero-order valence-electron chi connectivity index (χ0n) is 9.88. The van der Waals surface area contributed by atoms with Gasteiger partial charge in [-0.2, -0.15) is 0 Å². The summed E-state index contributed by atoms with van der Waals surface area (Å²) in [6.45, 7) is 8.44. The van der Waals surface area contributed by atoms with Gasteiger partial charge in [0.25, 0.3) is 0 Å². The average Bonchev–Trinajstić information content (AvgIpc) is 2.21. The first-order chi connectivity index (χ1) is 7.05. The Morgan fingerprint density at radius 1 is 1.47 bits per heavy atom. The summed E-state index contributed by atoms with van der Waals surface area (Å²) in [5.74, 6) is 0. The van der Waals surface area contributed by atoms with E-state index in [1.54, 1.807) is 6.20 Å². The number of hydrogen-bond acceptors (Lipinski definition) is 3. The van der Waals surface area contributed by atoms with Crippen LogP contribution in [0.3, 0.4) is 0 Å². The van der Waals surface area contributed by atoms with Crippen LogP contribution in [0.25, 0.3) is 0 Å². The van der Waals surface area contributed by atoms with Crippen molar-refractivity contribution in [3.63, 3.8) is 0 Å². The van der Waals surface area contributed by atoms with Gasteiger partial charge in [-0.1, -0.05) is 20.8 Å². The molecule has 3 nitrogen and oxygen atoms in total. The van der Waals surface area contributed by atoms with E-state index in [1.807, 2.05) is 12.1 Å². The number of aromatic nitrogens is 1. The molecule has 3 N–H and O–H groups in total. The Bertz CT molecular complexity index is 307. The van der Waals surface area contributed by atoms with Crippen LogP contribution in [0.4, 0.5) is 5.69 Å². The fourth-order valence-electron chi connectivity index (χ4n) is 1.24. The Morgan fingerprint density at radius 3 is 2.80 bits per heavy atom. The third-order valence-electron chi connectivity index (χ3n) is 2.78. The van der Waals surface area contributed by atoms with Crippen LogP contribution in [-0.4, -0.2) is 11.5 Å². The topological polar surface area (TPSA) is 50.9 Å². The molecule has 0 aliphatic rings. The van der Waals surface area contributed by atoms with E-state index < -0.39 is 0 Å². The van der Waals surface area contributed by atoms with Crippen LogP contribution in [0.5, 0.6) is 0 Å². The van der Waals surface area contributed by atoms with E-state index >= 15 is 0 Å². The molecule has 0 saturated carbocycles. The van der Waals surface area contributed by atoms with E-state index in [-0.39, 0.29) is 0 Å². The smallest absolute Gasteiger partial charge is 0.0770 e. The summed E-state index contributed by atoms with van der Waals surface area (Å²) in [6.07, 6.45) is 2.94. The number of rotatable bonds is 5. The summed E-state index contributed by atoms with van der Waals surface area (Å²) in [5, 5.41) is 3.39. The highest BCUT2D eigenvalue weighted by molar-refractivity contribution is 5.41. The monoisotopic (exact) mass is 207 g/mol. The van der Waals surface area contributed by atoms with Crippen molar-refractivity contribution in [1.29, 1.82) is 0 Å². The van der Waals surface area contributed by atoms with Gasteiger partial charge in [-0.25, -0.2) is 0 Å². The molecule has 0 saturated heterocycles. The maximum atomic E-state index is 5.80. The first kappa shape index (κ1) is 12.0. The lowest BCUT2D eigenvalue weighted by molar-refractivity contribution is 0.327. The van der Waals surface area contributed by atoms with Gasteiger partial charge in [0.1, 0.15) is 0 Å². The average molecular weight is 207 g/mol. The molecular weight excluding hydrogens is 186 g/mol. The van der Waals surface area contributed by atoms with Gasteiger partial charge in [-0.15, -0.1) is 0 Å². The number of nitrogen functional groups attached to an aromatic ring is 1. The summed E-state index contributed by atoms with van der Waals surface area (Å²) in [4.78, 5) is 4.24. The van der Waals surface area contributed by atoms with E-state index in [4.69, 9.17) is 5.73 Å². The summed E-state index contributed by atoms with van der Waals surface area (Å²) < 4.78 is 0.